The number of carbonyl (C=O) groups excluding carboxylic acids is 2. The summed E-state index contributed by atoms with van der Waals surface area (Å²) in [7, 11) is 0. The summed E-state index contributed by atoms with van der Waals surface area (Å²) in [6.45, 7) is 3.65. The van der Waals surface area contributed by atoms with Crippen molar-refractivity contribution < 1.29 is 14.3 Å². The van der Waals surface area contributed by atoms with Gasteiger partial charge in [0, 0.05) is 10.6 Å². The Morgan fingerprint density at radius 2 is 1.70 bits per heavy atom. The fourth-order valence-electron chi connectivity index (χ4n) is 2.09. The molecule has 2 aromatic rings. The van der Waals surface area contributed by atoms with Crippen molar-refractivity contribution in [3.05, 3.63) is 59.7 Å². The number of esters is 1. The van der Waals surface area contributed by atoms with Gasteiger partial charge in [0.05, 0.1) is 5.75 Å². The summed E-state index contributed by atoms with van der Waals surface area (Å²) in [5, 5.41) is 2.73. The first-order valence-corrected chi connectivity index (χ1v) is 8.23. The van der Waals surface area contributed by atoms with Gasteiger partial charge in [0.1, 0.15) is 0 Å². The number of hydrogen-bond donors (Lipinski definition) is 1. The van der Waals surface area contributed by atoms with Gasteiger partial charge in [-0.25, -0.2) is 0 Å². The van der Waals surface area contributed by atoms with Crippen molar-refractivity contribution >= 4 is 29.3 Å². The Morgan fingerprint density at radius 3 is 2.35 bits per heavy atom. The van der Waals surface area contributed by atoms with E-state index in [1.165, 1.54) is 11.8 Å². The summed E-state index contributed by atoms with van der Waals surface area (Å²) in [6, 6.07) is 15.3. The molecule has 0 unspecified atom stereocenters. The Hall–Kier alpha value is -2.27. The van der Waals surface area contributed by atoms with E-state index in [4.69, 9.17) is 4.74 Å². The number of thioether (sulfide) groups is 1. The number of carbonyl (C=O) groups is 2. The van der Waals surface area contributed by atoms with Crippen LogP contribution in [-0.4, -0.2) is 24.2 Å². The second-order valence-electron chi connectivity index (χ2n) is 5.19. The lowest BCUT2D eigenvalue weighted by Crippen LogP contribution is -2.21. The molecule has 0 aliphatic rings. The third-order valence-corrected chi connectivity index (χ3v) is 3.96. The monoisotopic (exact) mass is 329 g/mol. The first-order valence-electron chi connectivity index (χ1n) is 7.24. The maximum absolute atomic E-state index is 11.8. The molecule has 0 aliphatic heterocycles. The minimum absolute atomic E-state index is 0.181. The number of nitrogens with one attached hydrogen (secondary N) is 1. The smallest absolute Gasteiger partial charge is 0.316 e. The van der Waals surface area contributed by atoms with Gasteiger partial charge in [0.2, 0.25) is 0 Å². The Labute approximate surface area is 140 Å². The maximum atomic E-state index is 11.8. The molecule has 0 aromatic heterocycles. The Morgan fingerprint density at radius 1 is 1.04 bits per heavy atom. The molecule has 0 fully saturated rings. The van der Waals surface area contributed by atoms with Crippen LogP contribution in [0, 0.1) is 13.8 Å². The number of benzene rings is 2. The van der Waals surface area contributed by atoms with Crippen LogP contribution in [0.4, 0.5) is 5.69 Å². The number of aryl methyl sites for hydroxylation is 2. The topological polar surface area (TPSA) is 55.4 Å². The van der Waals surface area contributed by atoms with Crippen molar-refractivity contribution in [3.63, 3.8) is 0 Å². The predicted molar refractivity (Wildman–Crippen MR) is 92.7 cm³/mol. The summed E-state index contributed by atoms with van der Waals surface area (Å²) >= 11 is 1.38. The summed E-state index contributed by atoms with van der Waals surface area (Å²) in [6.07, 6.45) is 0. The van der Waals surface area contributed by atoms with Crippen molar-refractivity contribution in [1.82, 2.24) is 0 Å². The number of anilines is 1. The molecule has 23 heavy (non-hydrogen) atoms. The molecule has 0 radical (unpaired) electrons. The molecule has 5 heteroatoms. The fourth-order valence-corrected chi connectivity index (χ4v) is 2.81. The third kappa shape index (κ3) is 6.16. The molecule has 1 N–H and O–H groups in total. The van der Waals surface area contributed by atoms with Crippen LogP contribution in [0.25, 0.3) is 0 Å². The zero-order valence-corrected chi connectivity index (χ0v) is 14.0. The van der Waals surface area contributed by atoms with Gasteiger partial charge in [-0.3, -0.25) is 9.59 Å². The van der Waals surface area contributed by atoms with Crippen molar-refractivity contribution in [2.75, 3.05) is 17.7 Å². The molecule has 0 aliphatic carbocycles. The summed E-state index contributed by atoms with van der Waals surface area (Å²) < 4.78 is 4.99. The number of hydrogen-bond acceptors (Lipinski definition) is 4. The summed E-state index contributed by atoms with van der Waals surface area (Å²) in [5.74, 6) is -0.566. The average molecular weight is 329 g/mol. The second-order valence-corrected chi connectivity index (χ2v) is 6.24. The largest absolute Gasteiger partial charge is 0.455 e. The van der Waals surface area contributed by atoms with Crippen LogP contribution in [0.5, 0.6) is 0 Å². The van der Waals surface area contributed by atoms with E-state index in [-0.39, 0.29) is 18.3 Å². The van der Waals surface area contributed by atoms with Gasteiger partial charge < -0.3 is 10.1 Å². The second kappa shape index (κ2) is 8.39. The van der Waals surface area contributed by atoms with Crippen molar-refractivity contribution in [1.29, 1.82) is 0 Å². The highest BCUT2D eigenvalue weighted by atomic mass is 32.2. The Balaban J connectivity index is 1.74. The van der Waals surface area contributed by atoms with E-state index >= 15 is 0 Å². The number of rotatable bonds is 6. The molecule has 2 rings (SSSR count). The van der Waals surface area contributed by atoms with Crippen molar-refractivity contribution in [2.24, 2.45) is 0 Å². The van der Waals surface area contributed by atoms with Gasteiger partial charge in [-0.1, -0.05) is 24.3 Å². The molecule has 0 heterocycles. The van der Waals surface area contributed by atoms with Gasteiger partial charge >= 0.3 is 5.97 Å². The van der Waals surface area contributed by atoms with E-state index in [1.54, 1.807) is 0 Å². The standard InChI is InChI=1S/C18H19NO3S/c1-13-8-14(2)10-15(9-13)19-17(20)11-22-18(21)12-23-16-6-4-3-5-7-16/h3-10H,11-12H2,1-2H3,(H,19,20). The van der Waals surface area contributed by atoms with Gasteiger partial charge in [0.15, 0.2) is 6.61 Å². The zero-order chi connectivity index (χ0) is 16.7. The Kier molecular flexibility index (Phi) is 6.23. The van der Waals surface area contributed by atoms with Crippen LogP contribution in [0.15, 0.2) is 53.4 Å². The zero-order valence-electron chi connectivity index (χ0n) is 13.2. The van der Waals surface area contributed by atoms with E-state index in [1.807, 2.05) is 62.4 Å². The highest BCUT2D eigenvalue weighted by Crippen LogP contribution is 2.17. The van der Waals surface area contributed by atoms with Crippen LogP contribution < -0.4 is 5.32 Å². The van der Waals surface area contributed by atoms with Gasteiger partial charge in [-0.05, 0) is 49.2 Å². The molecular weight excluding hydrogens is 310 g/mol. The van der Waals surface area contributed by atoms with E-state index in [2.05, 4.69) is 5.32 Å². The molecule has 0 spiro atoms. The summed E-state index contributed by atoms with van der Waals surface area (Å²) in [5.41, 5.74) is 2.84. The predicted octanol–water partition coefficient (Wildman–Crippen LogP) is 3.58. The van der Waals surface area contributed by atoms with Crippen LogP contribution in [0.2, 0.25) is 0 Å². The normalized spacial score (nSPS) is 10.2. The molecule has 0 atom stereocenters. The van der Waals surface area contributed by atoms with E-state index in [9.17, 15) is 9.59 Å². The molecule has 2 aromatic carbocycles. The molecular formula is C18H19NO3S. The molecule has 0 bridgehead atoms. The van der Waals surface area contributed by atoms with Crippen molar-refractivity contribution in [3.8, 4) is 0 Å². The lowest BCUT2D eigenvalue weighted by molar-refractivity contribution is -0.144. The van der Waals surface area contributed by atoms with E-state index in [0.29, 0.717) is 5.69 Å². The average Bonchev–Trinajstić information content (AvgIpc) is 2.51. The van der Waals surface area contributed by atoms with Gasteiger partial charge in [-0.15, -0.1) is 11.8 Å². The Bertz CT molecular complexity index is 666. The number of amides is 1. The molecule has 1 amide bonds. The lowest BCUT2D eigenvalue weighted by Gasteiger charge is -2.08. The molecule has 0 saturated carbocycles. The molecule has 120 valence electrons. The van der Waals surface area contributed by atoms with Crippen LogP contribution in [0.3, 0.4) is 0 Å². The van der Waals surface area contributed by atoms with E-state index < -0.39 is 5.97 Å². The third-order valence-electron chi connectivity index (χ3n) is 2.97. The minimum Gasteiger partial charge on any atom is -0.455 e. The molecule has 0 saturated heterocycles. The maximum Gasteiger partial charge on any atom is 0.316 e. The van der Waals surface area contributed by atoms with Gasteiger partial charge in [0.25, 0.3) is 5.91 Å². The van der Waals surface area contributed by atoms with Gasteiger partial charge in [-0.2, -0.15) is 0 Å². The van der Waals surface area contributed by atoms with Crippen LogP contribution in [0.1, 0.15) is 11.1 Å². The first-order chi connectivity index (χ1) is 11.0. The van der Waals surface area contributed by atoms with Crippen molar-refractivity contribution in [2.45, 2.75) is 18.7 Å². The highest BCUT2D eigenvalue weighted by Gasteiger charge is 2.09. The lowest BCUT2D eigenvalue weighted by atomic mass is 10.1. The number of ether oxygens (including phenoxy) is 1. The van der Waals surface area contributed by atoms with E-state index in [0.717, 1.165) is 16.0 Å². The fraction of sp³-hybridized carbons (Fsp3) is 0.222. The quantitative estimate of drug-likeness (QED) is 0.650. The van der Waals surface area contributed by atoms with Crippen LogP contribution >= 0.6 is 11.8 Å². The molecule has 4 nitrogen and oxygen atoms in total. The summed E-state index contributed by atoms with van der Waals surface area (Å²) in [4.78, 5) is 24.5. The minimum atomic E-state index is -0.408. The SMILES string of the molecule is Cc1cc(C)cc(NC(=O)COC(=O)CSc2ccccc2)c1. The highest BCUT2D eigenvalue weighted by molar-refractivity contribution is 8.00. The van der Waals surface area contributed by atoms with Crippen LogP contribution in [-0.2, 0) is 14.3 Å². The first kappa shape index (κ1) is 17.1.